The van der Waals surface area contributed by atoms with Crippen molar-refractivity contribution in [1.82, 2.24) is 9.97 Å². The summed E-state index contributed by atoms with van der Waals surface area (Å²) in [5, 5.41) is 4.23. The molecular formula is C22H17N5O3S2. The van der Waals surface area contributed by atoms with Crippen LogP contribution in [0.15, 0.2) is 66.0 Å². The van der Waals surface area contributed by atoms with E-state index in [0.29, 0.717) is 5.03 Å². The van der Waals surface area contributed by atoms with Crippen LogP contribution in [0.2, 0.25) is 0 Å². The lowest BCUT2D eigenvalue weighted by molar-refractivity contribution is -0.113. The van der Waals surface area contributed by atoms with Crippen LogP contribution in [0.4, 0.5) is 5.69 Å². The second kappa shape index (κ2) is 9.16. The highest BCUT2D eigenvalue weighted by molar-refractivity contribution is 8.00. The van der Waals surface area contributed by atoms with Gasteiger partial charge < -0.3 is 16.8 Å². The van der Waals surface area contributed by atoms with Crippen molar-refractivity contribution in [3.8, 4) is 10.4 Å². The Bertz CT molecular complexity index is 1310. The maximum absolute atomic E-state index is 12.5. The van der Waals surface area contributed by atoms with Crippen molar-refractivity contribution < 1.29 is 14.4 Å². The lowest BCUT2D eigenvalue weighted by Crippen LogP contribution is -2.19. The first-order valence-corrected chi connectivity index (χ1v) is 11.2. The maximum atomic E-state index is 12.5. The van der Waals surface area contributed by atoms with Crippen LogP contribution < -0.4 is 16.8 Å². The molecule has 0 spiro atoms. The zero-order chi connectivity index (χ0) is 22.7. The molecule has 5 N–H and O–H groups in total. The molecule has 0 fully saturated rings. The molecule has 0 aliphatic heterocycles. The highest BCUT2D eigenvalue weighted by Gasteiger charge is 2.14. The molecule has 32 heavy (non-hydrogen) atoms. The fraction of sp³-hybridized carbons (Fsp3) is 0.0455. The van der Waals surface area contributed by atoms with E-state index in [1.807, 2.05) is 36.4 Å². The summed E-state index contributed by atoms with van der Waals surface area (Å²) in [4.78, 5) is 46.1. The Balaban J connectivity index is 1.50. The highest BCUT2D eigenvalue weighted by Crippen LogP contribution is 2.36. The zero-order valence-corrected chi connectivity index (χ0v) is 18.2. The molecule has 3 amide bonds. The zero-order valence-electron chi connectivity index (χ0n) is 16.6. The van der Waals surface area contributed by atoms with Crippen molar-refractivity contribution in [1.29, 1.82) is 0 Å². The molecule has 0 bridgehead atoms. The number of carbonyl (C=O) groups is 3. The number of fused-ring (bicyclic) bond motifs is 1. The highest BCUT2D eigenvalue weighted by atomic mass is 32.2. The number of primary amides is 2. The quantitative estimate of drug-likeness (QED) is 0.284. The van der Waals surface area contributed by atoms with Gasteiger partial charge >= 0.3 is 0 Å². The van der Waals surface area contributed by atoms with Gasteiger partial charge in [-0.15, -0.1) is 11.3 Å². The minimum atomic E-state index is -0.729. The molecule has 160 valence electrons. The van der Waals surface area contributed by atoms with Gasteiger partial charge in [-0.1, -0.05) is 42.1 Å². The number of benzene rings is 2. The Labute approximate surface area is 191 Å². The van der Waals surface area contributed by atoms with Crippen molar-refractivity contribution in [3.63, 3.8) is 0 Å². The lowest BCUT2D eigenvalue weighted by Gasteiger charge is -2.08. The smallest absolute Gasteiger partial charge is 0.248 e. The van der Waals surface area contributed by atoms with E-state index in [4.69, 9.17) is 11.5 Å². The van der Waals surface area contributed by atoms with Crippen LogP contribution in [0.3, 0.4) is 0 Å². The number of carbonyl (C=O) groups excluding carboxylic acids is 3. The van der Waals surface area contributed by atoms with Gasteiger partial charge in [0.05, 0.1) is 5.75 Å². The largest absolute Gasteiger partial charge is 0.366 e. The van der Waals surface area contributed by atoms with E-state index < -0.39 is 11.8 Å². The predicted octanol–water partition coefficient (Wildman–Crippen LogP) is 3.29. The van der Waals surface area contributed by atoms with Crippen molar-refractivity contribution in [2.75, 3.05) is 11.1 Å². The molecule has 0 aliphatic carbocycles. The van der Waals surface area contributed by atoms with Crippen LogP contribution in [-0.4, -0.2) is 33.4 Å². The van der Waals surface area contributed by atoms with Crippen molar-refractivity contribution in [3.05, 3.63) is 72.1 Å². The summed E-state index contributed by atoms with van der Waals surface area (Å²) < 4.78 is 0. The number of thioether (sulfide) groups is 1. The lowest BCUT2D eigenvalue weighted by atomic mass is 10.1. The monoisotopic (exact) mass is 463 g/mol. The Morgan fingerprint density at radius 1 is 0.938 bits per heavy atom. The van der Waals surface area contributed by atoms with E-state index in [2.05, 4.69) is 15.3 Å². The number of rotatable bonds is 7. The fourth-order valence-electron chi connectivity index (χ4n) is 3.01. The van der Waals surface area contributed by atoms with Gasteiger partial charge in [0, 0.05) is 27.1 Å². The van der Waals surface area contributed by atoms with Crippen LogP contribution in [0.5, 0.6) is 0 Å². The summed E-state index contributed by atoms with van der Waals surface area (Å²) in [6.45, 7) is 0. The third kappa shape index (κ3) is 4.76. The minimum absolute atomic E-state index is 0.0648. The summed E-state index contributed by atoms with van der Waals surface area (Å²) in [6.07, 6.45) is 1.48. The van der Waals surface area contributed by atoms with Crippen LogP contribution in [0.25, 0.3) is 20.7 Å². The van der Waals surface area contributed by atoms with E-state index in [1.165, 1.54) is 36.3 Å². The Morgan fingerprint density at radius 2 is 1.62 bits per heavy atom. The number of hydrogen-bond acceptors (Lipinski definition) is 7. The number of nitrogens with two attached hydrogens (primary N) is 2. The Morgan fingerprint density at radius 3 is 2.28 bits per heavy atom. The third-order valence-corrected chi connectivity index (χ3v) is 6.57. The molecule has 2 aromatic carbocycles. The SMILES string of the molecule is NC(=O)c1cc(NC(=O)CSc2ncnc3sc(-c4ccccc4)cc23)cc(C(N)=O)c1. The van der Waals surface area contributed by atoms with Gasteiger partial charge in [0.1, 0.15) is 16.2 Å². The summed E-state index contributed by atoms with van der Waals surface area (Å²) in [5.41, 5.74) is 12.1. The molecular weight excluding hydrogens is 446 g/mol. The standard InChI is InChI=1S/C22H17N5O3S2/c23-19(29)13-6-14(20(24)30)8-15(7-13)27-18(28)10-31-21-16-9-17(12-4-2-1-3-5-12)32-22(16)26-11-25-21/h1-9,11H,10H2,(H2,23,29)(H2,24,30)(H,27,28). The predicted molar refractivity (Wildman–Crippen MR) is 126 cm³/mol. The number of amides is 3. The van der Waals surface area contributed by atoms with Gasteiger partial charge in [0.25, 0.3) is 0 Å². The summed E-state index contributed by atoms with van der Waals surface area (Å²) in [7, 11) is 0. The average molecular weight is 464 g/mol. The van der Waals surface area contributed by atoms with Crippen molar-refractivity contribution in [2.45, 2.75) is 5.03 Å². The molecule has 0 unspecified atom stereocenters. The number of nitrogens with one attached hydrogen (secondary N) is 1. The second-order valence-electron chi connectivity index (χ2n) is 6.74. The molecule has 8 nitrogen and oxygen atoms in total. The Kier molecular flexibility index (Phi) is 6.15. The molecule has 10 heteroatoms. The first kappa shape index (κ1) is 21.5. The van der Waals surface area contributed by atoms with Crippen LogP contribution in [0, 0.1) is 0 Å². The molecule has 0 radical (unpaired) electrons. The van der Waals surface area contributed by atoms with Gasteiger partial charge in [0.2, 0.25) is 17.7 Å². The van der Waals surface area contributed by atoms with Gasteiger partial charge in [0.15, 0.2) is 0 Å². The first-order chi connectivity index (χ1) is 15.4. The molecule has 0 atom stereocenters. The normalized spacial score (nSPS) is 10.8. The van der Waals surface area contributed by atoms with Gasteiger partial charge in [-0.3, -0.25) is 14.4 Å². The maximum Gasteiger partial charge on any atom is 0.248 e. The van der Waals surface area contributed by atoms with E-state index in [-0.39, 0.29) is 28.5 Å². The molecule has 4 rings (SSSR count). The summed E-state index contributed by atoms with van der Waals surface area (Å²) in [6, 6.07) is 16.1. The molecule has 2 heterocycles. The summed E-state index contributed by atoms with van der Waals surface area (Å²) in [5.74, 6) is -1.73. The molecule has 0 saturated carbocycles. The molecule has 0 saturated heterocycles. The van der Waals surface area contributed by atoms with Gasteiger partial charge in [-0.05, 0) is 29.8 Å². The van der Waals surface area contributed by atoms with Crippen molar-refractivity contribution in [2.24, 2.45) is 11.5 Å². The topological polar surface area (TPSA) is 141 Å². The fourth-order valence-corrected chi connectivity index (χ4v) is 4.85. The average Bonchev–Trinajstić information content (AvgIpc) is 3.23. The molecule has 4 aromatic rings. The number of anilines is 1. The molecule has 2 aromatic heterocycles. The van der Waals surface area contributed by atoms with E-state index in [0.717, 1.165) is 20.7 Å². The minimum Gasteiger partial charge on any atom is -0.366 e. The molecule has 0 aliphatic rings. The summed E-state index contributed by atoms with van der Waals surface area (Å²) >= 11 is 2.82. The van der Waals surface area contributed by atoms with E-state index >= 15 is 0 Å². The van der Waals surface area contributed by atoms with Crippen LogP contribution >= 0.6 is 23.1 Å². The second-order valence-corrected chi connectivity index (χ2v) is 8.73. The number of nitrogens with zero attached hydrogens (tertiary/aromatic N) is 2. The number of hydrogen-bond donors (Lipinski definition) is 3. The Hall–Kier alpha value is -3.76. The van der Waals surface area contributed by atoms with Crippen LogP contribution in [0.1, 0.15) is 20.7 Å². The number of thiophene rings is 1. The van der Waals surface area contributed by atoms with Gasteiger partial charge in [-0.25, -0.2) is 9.97 Å². The number of aromatic nitrogens is 2. The van der Waals surface area contributed by atoms with Gasteiger partial charge in [-0.2, -0.15) is 0 Å². The van der Waals surface area contributed by atoms with E-state index in [1.54, 1.807) is 11.3 Å². The van der Waals surface area contributed by atoms with Crippen molar-refractivity contribution >= 4 is 56.7 Å². The third-order valence-electron chi connectivity index (χ3n) is 4.48. The van der Waals surface area contributed by atoms with Crippen LogP contribution in [-0.2, 0) is 4.79 Å². The van der Waals surface area contributed by atoms with E-state index in [9.17, 15) is 14.4 Å². The first-order valence-electron chi connectivity index (χ1n) is 9.38.